The first-order chi connectivity index (χ1) is 14.2. The van der Waals surface area contributed by atoms with E-state index in [1.165, 1.54) is 35.1 Å². The maximum atomic E-state index is 5.90. The molecule has 6 heteroatoms. The molecule has 0 saturated carbocycles. The Morgan fingerprint density at radius 2 is 1.41 bits per heavy atom. The third kappa shape index (κ3) is 7.84. The number of halogens is 2. The summed E-state index contributed by atoms with van der Waals surface area (Å²) in [5.41, 5.74) is 11.5. The predicted molar refractivity (Wildman–Crippen MR) is 141 cm³/mol. The minimum absolute atomic E-state index is 0. The van der Waals surface area contributed by atoms with Crippen molar-refractivity contribution in [3.05, 3.63) is 58.7 Å². The highest BCUT2D eigenvalue weighted by Crippen LogP contribution is 2.30. The van der Waals surface area contributed by atoms with Crippen LogP contribution in [0.25, 0.3) is 0 Å². The summed E-state index contributed by atoms with van der Waals surface area (Å²) in [7, 11) is 3.49. The Hall–Kier alpha value is -1.46. The number of hydrogen-bond donors (Lipinski definition) is 2. The number of nitrogens with two attached hydrogens (primary N) is 1. The highest BCUT2D eigenvalue weighted by molar-refractivity contribution is 5.85. The van der Waals surface area contributed by atoms with E-state index < -0.39 is 0 Å². The van der Waals surface area contributed by atoms with E-state index in [9.17, 15) is 0 Å². The van der Waals surface area contributed by atoms with Crippen molar-refractivity contribution < 1.29 is 9.47 Å². The van der Waals surface area contributed by atoms with Gasteiger partial charge in [0, 0.05) is 12.1 Å². The second-order valence-corrected chi connectivity index (χ2v) is 8.09. The zero-order valence-electron chi connectivity index (χ0n) is 19.0. The summed E-state index contributed by atoms with van der Waals surface area (Å²) in [6.07, 6.45) is 7.85. The van der Waals surface area contributed by atoms with Crippen molar-refractivity contribution in [3.8, 4) is 11.5 Å². The van der Waals surface area contributed by atoms with Gasteiger partial charge in [-0.15, -0.1) is 24.8 Å². The molecular formula is C26H42Cl2N2O2. The first-order valence-electron chi connectivity index (χ1n) is 10.9. The number of hydrogen-bond acceptors (Lipinski definition) is 4. The standard InChI is InChI=1S/C14H21NO.C11H15NO.CH4.2ClH/c1-3-9-15-12-7-8-13-11(10-12)5-4-6-14(13)16-2;1-13-11-4-2-3-8-7-9(12)5-6-10(8)11;;;/h4-6,12,15H,3,7-10H2,1-2H3;2-4,9H,5-7,12H2,1H3;1H4;2*1H. The smallest absolute Gasteiger partial charge is 0.122 e. The molecule has 2 aromatic carbocycles. The first-order valence-corrected chi connectivity index (χ1v) is 10.9. The molecule has 4 nitrogen and oxygen atoms in total. The lowest BCUT2D eigenvalue weighted by Gasteiger charge is -2.26. The van der Waals surface area contributed by atoms with Crippen LogP contribution in [0.2, 0.25) is 0 Å². The van der Waals surface area contributed by atoms with E-state index in [0.717, 1.165) is 50.1 Å². The van der Waals surface area contributed by atoms with Gasteiger partial charge in [0.2, 0.25) is 0 Å². The molecule has 0 heterocycles. The topological polar surface area (TPSA) is 56.5 Å². The second-order valence-electron chi connectivity index (χ2n) is 8.09. The number of ether oxygens (including phenoxy) is 2. The quantitative estimate of drug-likeness (QED) is 0.584. The lowest BCUT2D eigenvalue weighted by Crippen LogP contribution is -2.35. The van der Waals surface area contributed by atoms with E-state index in [1.54, 1.807) is 14.2 Å². The fourth-order valence-electron chi connectivity index (χ4n) is 4.48. The summed E-state index contributed by atoms with van der Waals surface area (Å²) >= 11 is 0. The molecule has 2 aliphatic rings. The summed E-state index contributed by atoms with van der Waals surface area (Å²) in [4.78, 5) is 0. The van der Waals surface area contributed by atoms with Gasteiger partial charge in [0.15, 0.2) is 0 Å². The molecule has 0 spiro atoms. The highest BCUT2D eigenvalue weighted by atomic mass is 35.5. The normalized spacial score (nSPS) is 18.1. The minimum atomic E-state index is 0. The number of benzene rings is 2. The SMILES string of the molecule is C.CCCNC1CCc2c(cccc2OC)C1.COc1cccc2c1CCC(N)C2.Cl.Cl. The molecule has 0 saturated heterocycles. The van der Waals surface area contributed by atoms with Crippen LogP contribution in [0.1, 0.15) is 55.9 Å². The molecule has 2 aromatic rings. The molecule has 0 aromatic heterocycles. The van der Waals surface area contributed by atoms with Gasteiger partial charge in [-0.2, -0.15) is 0 Å². The van der Waals surface area contributed by atoms with Crippen LogP contribution in [0.15, 0.2) is 36.4 Å². The highest BCUT2D eigenvalue weighted by Gasteiger charge is 2.20. The molecular weight excluding hydrogens is 443 g/mol. The zero-order valence-corrected chi connectivity index (χ0v) is 20.6. The van der Waals surface area contributed by atoms with Gasteiger partial charge in [-0.25, -0.2) is 0 Å². The molecule has 2 unspecified atom stereocenters. The Labute approximate surface area is 207 Å². The van der Waals surface area contributed by atoms with Gasteiger partial charge in [-0.3, -0.25) is 0 Å². The van der Waals surface area contributed by atoms with Crippen LogP contribution in [0, 0.1) is 0 Å². The van der Waals surface area contributed by atoms with Crippen LogP contribution in [0.3, 0.4) is 0 Å². The number of rotatable bonds is 5. The molecule has 4 rings (SSSR count). The molecule has 0 bridgehead atoms. The van der Waals surface area contributed by atoms with Gasteiger partial charge in [0.05, 0.1) is 14.2 Å². The van der Waals surface area contributed by atoms with Gasteiger partial charge >= 0.3 is 0 Å². The average molecular weight is 486 g/mol. The lowest BCUT2D eigenvalue weighted by molar-refractivity contribution is 0.397. The molecule has 2 atom stereocenters. The van der Waals surface area contributed by atoms with Crippen LogP contribution in [-0.4, -0.2) is 32.8 Å². The zero-order chi connectivity index (χ0) is 20.6. The van der Waals surface area contributed by atoms with Crippen LogP contribution in [0.4, 0.5) is 0 Å². The van der Waals surface area contributed by atoms with Crippen molar-refractivity contribution in [2.24, 2.45) is 5.73 Å². The summed E-state index contributed by atoms with van der Waals surface area (Å²) in [5, 5.41) is 3.61. The molecule has 0 aliphatic heterocycles. The number of fused-ring (bicyclic) bond motifs is 2. The molecule has 32 heavy (non-hydrogen) atoms. The Morgan fingerprint density at radius 3 is 1.94 bits per heavy atom. The van der Waals surface area contributed by atoms with E-state index in [-0.39, 0.29) is 32.2 Å². The summed E-state index contributed by atoms with van der Waals surface area (Å²) in [5.74, 6) is 2.08. The van der Waals surface area contributed by atoms with Crippen LogP contribution >= 0.6 is 24.8 Å². The summed E-state index contributed by atoms with van der Waals surface area (Å²) in [6.45, 7) is 3.34. The van der Waals surface area contributed by atoms with E-state index in [4.69, 9.17) is 15.2 Å². The fraction of sp³-hybridized carbons (Fsp3) is 0.538. The van der Waals surface area contributed by atoms with E-state index in [1.807, 2.05) is 12.1 Å². The van der Waals surface area contributed by atoms with Crippen molar-refractivity contribution in [2.45, 2.75) is 71.4 Å². The van der Waals surface area contributed by atoms with Crippen molar-refractivity contribution >= 4 is 24.8 Å². The molecule has 2 aliphatic carbocycles. The molecule has 0 fully saturated rings. The van der Waals surface area contributed by atoms with Gasteiger partial charge in [-0.1, -0.05) is 38.6 Å². The third-order valence-electron chi connectivity index (χ3n) is 6.04. The predicted octanol–water partition coefficient (Wildman–Crippen LogP) is 5.54. The summed E-state index contributed by atoms with van der Waals surface area (Å²) in [6, 6.07) is 13.6. The second kappa shape index (κ2) is 15.4. The van der Waals surface area contributed by atoms with Crippen molar-refractivity contribution in [1.82, 2.24) is 5.32 Å². The minimum Gasteiger partial charge on any atom is -0.496 e. The lowest BCUT2D eigenvalue weighted by atomic mass is 9.87. The van der Waals surface area contributed by atoms with Gasteiger partial charge in [0.25, 0.3) is 0 Å². The fourth-order valence-corrected chi connectivity index (χ4v) is 4.48. The van der Waals surface area contributed by atoms with Crippen molar-refractivity contribution in [3.63, 3.8) is 0 Å². The van der Waals surface area contributed by atoms with Crippen molar-refractivity contribution in [1.29, 1.82) is 0 Å². The Balaban J connectivity index is 0.000000558. The van der Waals surface area contributed by atoms with Crippen LogP contribution in [0.5, 0.6) is 11.5 Å². The average Bonchev–Trinajstić information content (AvgIpc) is 2.76. The van der Waals surface area contributed by atoms with Gasteiger partial charge < -0.3 is 20.5 Å². The van der Waals surface area contributed by atoms with E-state index in [0.29, 0.717) is 12.1 Å². The van der Waals surface area contributed by atoms with Gasteiger partial charge in [0.1, 0.15) is 11.5 Å². The van der Waals surface area contributed by atoms with Crippen LogP contribution < -0.4 is 20.5 Å². The molecule has 0 amide bonds. The van der Waals surface area contributed by atoms with E-state index >= 15 is 0 Å². The molecule has 182 valence electrons. The maximum Gasteiger partial charge on any atom is 0.122 e. The van der Waals surface area contributed by atoms with E-state index in [2.05, 4.69) is 36.5 Å². The number of nitrogens with one attached hydrogen (secondary N) is 1. The molecule has 3 N–H and O–H groups in total. The third-order valence-corrected chi connectivity index (χ3v) is 6.04. The monoisotopic (exact) mass is 484 g/mol. The van der Waals surface area contributed by atoms with Crippen molar-refractivity contribution in [2.75, 3.05) is 20.8 Å². The Morgan fingerprint density at radius 1 is 0.875 bits per heavy atom. The maximum absolute atomic E-state index is 5.90. The van der Waals surface area contributed by atoms with Gasteiger partial charge in [-0.05, 0) is 85.9 Å². The largest absolute Gasteiger partial charge is 0.496 e. The Kier molecular flexibility index (Phi) is 14.7. The Bertz CT molecular complexity index is 801. The number of methoxy groups -OCH3 is 2. The van der Waals surface area contributed by atoms with Crippen LogP contribution in [-0.2, 0) is 25.7 Å². The first kappa shape index (κ1) is 30.5. The molecule has 0 radical (unpaired) electrons. The summed E-state index contributed by atoms with van der Waals surface area (Å²) < 4.78 is 10.7.